The molecule has 1 unspecified atom stereocenters. The number of hydrogen-bond donors (Lipinski definition) is 2. The summed E-state index contributed by atoms with van der Waals surface area (Å²) in [5, 5.41) is 2.71. The zero-order valence-electron chi connectivity index (χ0n) is 10.7. The van der Waals surface area contributed by atoms with Crippen LogP contribution >= 0.6 is 11.8 Å². The number of hydrogen-bond acceptors (Lipinski definition) is 5. The van der Waals surface area contributed by atoms with E-state index in [0.29, 0.717) is 19.0 Å². The summed E-state index contributed by atoms with van der Waals surface area (Å²) in [5.74, 6) is 0.504. The minimum atomic E-state index is -0.155. The molecule has 5 nitrogen and oxygen atoms in total. The second-order valence-electron chi connectivity index (χ2n) is 3.82. The van der Waals surface area contributed by atoms with Gasteiger partial charge in [-0.15, -0.1) is 11.8 Å². The highest BCUT2D eigenvalue weighted by Gasteiger charge is 2.13. The van der Waals surface area contributed by atoms with Gasteiger partial charge in [0.2, 0.25) is 5.91 Å². The molecule has 1 heterocycles. The van der Waals surface area contributed by atoms with Crippen molar-refractivity contribution in [1.82, 2.24) is 10.3 Å². The molecule has 0 fully saturated rings. The molecule has 0 aliphatic carbocycles. The van der Waals surface area contributed by atoms with E-state index in [2.05, 4.69) is 10.3 Å². The van der Waals surface area contributed by atoms with Crippen LogP contribution in [0.5, 0.6) is 0 Å². The Balaban J connectivity index is 2.33. The van der Waals surface area contributed by atoms with Gasteiger partial charge in [0.1, 0.15) is 5.82 Å². The zero-order valence-corrected chi connectivity index (χ0v) is 11.5. The molecule has 3 N–H and O–H groups in total. The summed E-state index contributed by atoms with van der Waals surface area (Å²) in [6.07, 6.45) is 2.50. The van der Waals surface area contributed by atoms with Crippen molar-refractivity contribution < 1.29 is 9.53 Å². The van der Waals surface area contributed by atoms with Gasteiger partial charge in [-0.1, -0.05) is 0 Å². The van der Waals surface area contributed by atoms with Crippen LogP contribution in [0.25, 0.3) is 0 Å². The van der Waals surface area contributed by atoms with E-state index in [1.807, 2.05) is 13.0 Å². The number of anilines is 1. The predicted octanol–water partition coefficient (Wildman–Crippen LogP) is 1.30. The number of amides is 1. The monoisotopic (exact) mass is 269 g/mol. The lowest BCUT2D eigenvalue weighted by molar-refractivity contribution is -0.120. The van der Waals surface area contributed by atoms with Crippen molar-refractivity contribution in [1.29, 1.82) is 0 Å². The first kappa shape index (κ1) is 14.8. The zero-order chi connectivity index (χ0) is 13.4. The number of carbonyl (C=O) groups is 1. The predicted molar refractivity (Wildman–Crippen MR) is 73.5 cm³/mol. The molecule has 1 rings (SSSR count). The third kappa shape index (κ3) is 5.37. The number of nitrogens with two attached hydrogens (primary N) is 1. The van der Waals surface area contributed by atoms with Crippen LogP contribution in [0.15, 0.2) is 23.2 Å². The molecule has 0 saturated carbocycles. The van der Waals surface area contributed by atoms with Gasteiger partial charge in [0, 0.05) is 31.4 Å². The molecular formula is C12H19N3O2S. The van der Waals surface area contributed by atoms with Gasteiger partial charge >= 0.3 is 0 Å². The molecule has 0 bridgehead atoms. The lowest BCUT2D eigenvalue weighted by Crippen LogP contribution is -2.32. The van der Waals surface area contributed by atoms with Crippen molar-refractivity contribution in [2.45, 2.75) is 23.5 Å². The number of carbonyl (C=O) groups excluding carboxylic acids is 1. The van der Waals surface area contributed by atoms with Crippen molar-refractivity contribution in [3.05, 3.63) is 18.3 Å². The van der Waals surface area contributed by atoms with E-state index in [1.54, 1.807) is 19.4 Å². The van der Waals surface area contributed by atoms with E-state index < -0.39 is 0 Å². The Labute approximate surface area is 111 Å². The first-order valence-electron chi connectivity index (χ1n) is 5.78. The molecule has 0 aromatic carbocycles. The first-order chi connectivity index (χ1) is 8.63. The van der Waals surface area contributed by atoms with E-state index in [4.69, 9.17) is 10.5 Å². The Morgan fingerprint density at radius 1 is 1.61 bits per heavy atom. The summed E-state index contributed by atoms with van der Waals surface area (Å²) in [5.41, 5.74) is 5.50. The van der Waals surface area contributed by atoms with Crippen molar-refractivity contribution >= 4 is 23.5 Å². The quantitative estimate of drug-likeness (QED) is 0.576. The van der Waals surface area contributed by atoms with Crippen LogP contribution in [0.1, 0.15) is 13.3 Å². The number of aromatic nitrogens is 1. The highest BCUT2D eigenvalue weighted by molar-refractivity contribution is 8.00. The molecule has 0 radical (unpaired) electrons. The van der Waals surface area contributed by atoms with Crippen LogP contribution in [0.4, 0.5) is 5.82 Å². The van der Waals surface area contributed by atoms with E-state index >= 15 is 0 Å². The Bertz CT molecular complexity index is 370. The number of nitrogens with one attached hydrogen (secondary N) is 1. The minimum absolute atomic E-state index is 0.0212. The number of rotatable bonds is 7. The van der Waals surface area contributed by atoms with Crippen LogP contribution < -0.4 is 11.1 Å². The normalized spacial score (nSPS) is 12.1. The number of pyridine rings is 1. The summed E-state index contributed by atoms with van der Waals surface area (Å²) in [4.78, 5) is 16.7. The fourth-order valence-electron chi connectivity index (χ4n) is 1.29. The van der Waals surface area contributed by atoms with Gasteiger partial charge in [-0.2, -0.15) is 0 Å². The molecule has 0 aliphatic rings. The first-order valence-corrected chi connectivity index (χ1v) is 6.66. The SMILES string of the molecule is COCCCNC(=O)C(C)Sc1ccc(N)nc1. The van der Waals surface area contributed by atoms with Crippen LogP contribution in [0.3, 0.4) is 0 Å². The largest absolute Gasteiger partial charge is 0.385 e. The molecule has 1 amide bonds. The van der Waals surface area contributed by atoms with Crippen LogP contribution in [0, 0.1) is 0 Å². The van der Waals surface area contributed by atoms with Gasteiger partial charge in [-0.3, -0.25) is 4.79 Å². The average molecular weight is 269 g/mol. The molecule has 0 saturated heterocycles. The lowest BCUT2D eigenvalue weighted by atomic mass is 10.4. The third-order valence-electron chi connectivity index (χ3n) is 2.27. The minimum Gasteiger partial charge on any atom is -0.385 e. The molecule has 18 heavy (non-hydrogen) atoms. The maximum Gasteiger partial charge on any atom is 0.233 e. The fourth-order valence-corrected chi connectivity index (χ4v) is 2.15. The van der Waals surface area contributed by atoms with Crippen LogP contribution in [-0.2, 0) is 9.53 Å². The van der Waals surface area contributed by atoms with E-state index in [1.165, 1.54) is 11.8 Å². The molecule has 0 spiro atoms. The number of nitrogen functional groups attached to an aromatic ring is 1. The van der Waals surface area contributed by atoms with E-state index in [0.717, 1.165) is 11.3 Å². The van der Waals surface area contributed by atoms with Crippen molar-refractivity contribution in [2.75, 3.05) is 26.0 Å². The molecule has 0 aliphatic heterocycles. The Morgan fingerprint density at radius 2 is 2.39 bits per heavy atom. The summed E-state index contributed by atoms with van der Waals surface area (Å²) in [6.45, 7) is 3.16. The summed E-state index contributed by atoms with van der Waals surface area (Å²) in [7, 11) is 1.65. The lowest BCUT2D eigenvalue weighted by Gasteiger charge is -2.11. The second kappa shape index (κ2) is 7.94. The Kier molecular flexibility index (Phi) is 6.53. The molecule has 1 atom stereocenters. The summed E-state index contributed by atoms with van der Waals surface area (Å²) < 4.78 is 4.91. The summed E-state index contributed by atoms with van der Waals surface area (Å²) >= 11 is 1.46. The van der Waals surface area contributed by atoms with Crippen molar-refractivity contribution in [3.63, 3.8) is 0 Å². The molecule has 1 aromatic heterocycles. The van der Waals surface area contributed by atoms with Gasteiger partial charge in [-0.05, 0) is 25.5 Å². The van der Waals surface area contributed by atoms with E-state index in [-0.39, 0.29) is 11.2 Å². The number of thioether (sulfide) groups is 1. The molecular weight excluding hydrogens is 250 g/mol. The van der Waals surface area contributed by atoms with Gasteiger partial charge in [0.05, 0.1) is 5.25 Å². The van der Waals surface area contributed by atoms with Crippen molar-refractivity contribution in [3.8, 4) is 0 Å². The Hall–Kier alpha value is -1.27. The maximum absolute atomic E-state index is 11.8. The third-order valence-corrected chi connectivity index (χ3v) is 3.35. The number of ether oxygens (including phenoxy) is 1. The maximum atomic E-state index is 11.8. The average Bonchev–Trinajstić information content (AvgIpc) is 2.37. The second-order valence-corrected chi connectivity index (χ2v) is 5.23. The standard InChI is InChI=1S/C12H19N3O2S/c1-9(12(16)14-6-3-7-17-2)18-10-4-5-11(13)15-8-10/h4-5,8-9H,3,6-7H2,1-2H3,(H2,13,15)(H,14,16). The highest BCUT2D eigenvalue weighted by atomic mass is 32.2. The Morgan fingerprint density at radius 3 is 3.00 bits per heavy atom. The smallest absolute Gasteiger partial charge is 0.233 e. The van der Waals surface area contributed by atoms with Crippen molar-refractivity contribution in [2.24, 2.45) is 0 Å². The van der Waals surface area contributed by atoms with Gasteiger partial charge < -0.3 is 15.8 Å². The topological polar surface area (TPSA) is 77.2 Å². The molecule has 100 valence electrons. The van der Waals surface area contributed by atoms with Gasteiger partial charge in [0.15, 0.2) is 0 Å². The number of methoxy groups -OCH3 is 1. The highest BCUT2D eigenvalue weighted by Crippen LogP contribution is 2.22. The van der Waals surface area contributed by atoms with Crippen LogP contribution in [0.2, 0.25) is 0 Å². The number of nitrogens with zero attached hydrogens (tertiary/aromatic N) is 1. The fraction of sp³-hybridized carbons (Fsp3) is 0.500. The van der Waals surface area contributed by atoms with Gasteiger partial charge in [0.25, 0.3) is 0 Å². The van der Waals surface area contributed by atoms with E-state index in [9.17, 15) is 4.79 Å². The van der Waals surface area contributed by atoms with Crippen LogP contribution in [-0.4, -0.2) is 36.4 Å². The summed E-state index contributed by atoms with van der Waals surface area (Å²) in [6, 6.07) is 3.59. The van der Waals surface area contributed by atoms with Gasteiger partial charge in [-0.25, -0.2) is 4.98 Å². The molecule has 1 aromatic rings. The molecule has 6 heteroatoms.